The number of carbonyl (C=O) groups is 3. The van der Waals surface area contributed by atoms with Gasteiger partial charge in [0.25, 0.3) is 5.91 Å². The molecule has 0 saturated heterocycles. The van der Waals surface area contributed by atoms with Crippen molar-refractivity contribution in [1.82, 2.24) is 0 Å². The topological polar surface area (TPSA) is 81.7 Å². The number of anilines is 1. The van der Waals surface area contributed by atoms with Gasteiger partial charge in [-0.1, -0.05) is 0 Å². The van der Waals surface area contributed by atoms with Crippen LogP contribution < -0.4 is 5.32 Å². The Morgan fingerprint density at radius 1 is 1.18 bits per heavy atom. The summed E-state index contributed by atoms with van der Waals surface area (Å²) in [6.07, 6.45) is 0.709. The lowest BCUT2D eigenvalue weighted by Crippen LogP contribution is -2.29. The molecule has 0 spiro atoms. The quantitative estimate of drug-likeness (QED) is 0.640. The summed E-state index contributed by atoms with van der Waals surface area (Å²) in [5.74, 6) is -2.54. The lowest BCUT2D eigenvalue weighted by atomic mass is 10.3. The molecule has 1 aromatic carbocycles. The number of carbonyl (C=O) groups excluding carboxylic acids is 3. The number of amides is 1. The molecule has 0 aliphatic heterocycles. The van der Waals surface area contributed by atoms with E-state index in [9.17, 15) is 18.8 Å². The molecule has 0 saturated carbocycles. The molecule has 0 fully saturated rings. The Labute approximate surface area is 126 Å². The standard InChI is InChI=1S/C15H16FNO5/c1-3-21-13(18)8-9-14(19)22-10(2)15(20)17-12-6-4-11(16)5-7-12/h4-10H,3H2,1-2H3,(H,17,20)/b9-8+/t10-/m1/s1. The van der Waals surface area contributed by atoms with Crippen molar-refractivity contribution in [3.8, 4) is 0 Å². The molecular formula is C15H16FNO5. The van der Waals surface area contributed by atoms with Crippen LogP contribution in [0.15, 0.2) is 36.4 Å². The van der Waals surface area contributed by atoms with Crippen LogP contribution in [0.25, 0.3) is 0 Å². The van der Waals surface area contributed by atoms with Gasteiger partial charge in [0.05, 0.1) is 6.61 Å². The molecule has 1 N–H and O–H groups in total. The van der Waals surface area contributed by atoms with Crippen molar-refractivity contribution in [3.05, 3.63) is 42.2 Å². The van der Waals surface area contributed by atoms with Gasteiger partial charge < -0.3 is 14.8 Å². The molecule has 0 aliphatic rings. The van der Waals surface area contributed by atoms with E-state index in [2.05, 4.69) is 10.1 Å². The second-order valence-electron chi connectivity index (χ2n) is 4.16. The average Bonchev–Trinajstić information content (AvgIpc) is 2.47. The fourth-order valence-corrected chi connectivity index (χ4v) is 1.37. The summed E-state index contributed by atoms with van der Waals surface area (Å²) in [4.78, 5) is 34.2. The number of halogens is 1. The van der Waals surface area contributed by atoms with E-state index in [4.69, 9.17) is 4.74 Å². The Balaban J connectivity index is 2.48. The Bertz CT molecular complexity index is 568. The molecular weight excluding hydrogens is 293 g/mol. The number of esters is 2. The third-order valence-corrected chi connectivity index (χ3v) is 2.42. The van der Waals surface area contributed by atoms with Gasteiger partial charge in [-0.15, -0.1) is 0 Å². The van der Waals surface area contributed by atoms with Gasteiger partial charge in [-0.05, 0) is 38.1 Å². The average molecular weight is 309 g/mol. The smallest absolute Gasteiger partial charge is 0.331 e. The zero-order valence-corrected chi connectivity index (χ0v) is 12.2. The van der Waals surface area contributed by atoms with Gasteiger partial charge in [-0.2, -0.15) is 0 Å². The van der Waals surface area contributed by atoms with Gasteiger partial charge in [0, 0.05) is 17.8 Å². The van der Waals surface area contributed by atoms with Crippen LogP contribution in [0.1, 0.15) is 13.8 Å². The summed E-state index contributed by atoms with van der Waals surface area (Å²) in [5, 5.41) is 2.46. The third-order valence-electron chi connectivity index (χ3n) is 2.42. The molecule has 6 nitrogen and oxygen atoms in total. The van der Waals surface area contributed by atoms with Gasteiger partial charge >= 0.3 is 11.9 Å². The number of benzene rings is 1. The summed E-state index contributed by atoms with van der Waals surface area (Å²) in [6, 6.07) is 5.13. The highest BCUT2D eigenvalue weighted by Crippen LogP contribution is 2.09. The number of hydrogen-bond acceptors (Lipinski definition) is 5. The first-order valence-corrected chi connectivity index (χ1v) is 6.54. The maximum Gasteiger partial charge on any atom is 0.331 e. The second kappa shape index (κ2) is 8.56. The van der Waals surface area contributed by atoms with E-state index in [0.717, 1.165) is 12.2 Å². The molecule has 1 aromatic rings. The van der Waals surface area contributed by atoms with Crippen molar-refractivity contribution >= 4 is 23.5 Å². The minimum absolute atomic E-state index is 0.189. The minimum atomic E-state index is -1.08. The fraction of sp³-hybridized carbons (Fsp3) is 0.267. The van der Waals surface area contributed by atoms with Crippen LogP contribution >= 0.6 is 0 Å². The first-order chi connectivity index (χ1) is 10.4. The van der Waals surface area contributed by atoms with Crippen LogP contribution in [0.5, 0.6) is 0 Å². The van der Waals surface area contributed by atoms with Gasteiger partial charge in [-0.3, -0.25) is 4.79 Å². The summed E-state index contributed by atoms with van der Waals surface area (Å²) in [7, 11) is 0. The zero-order valence-electron chi connectivity index (χ0n) is 12.2. The molecule has 22 heavy (non-hydrogen) atoms. The van der Waals surface area contributed by atoms with Crippen molar-refractivity contribution in [3.63, 3.8) is 0 Å². The lowest BCUT2D eigenvalue weighted by molar-refractivity contribution is -0.148. The van der Waals surface area contributed by atoms with Crippen molar-refractivity contribution in [2.24, 2.45) is 0 Å². The van der Waals surface area contributed by atoms with Crippen molar-refractivity contribution < 1.29 is 28.2 Å². The third kappa shape index (κ3) is 6.17. The number of nitrogens with one attached hydrogen (secondary N) is 1. The lowest BCUT2D eigenvalue weighted by Gasteiger charge is -2.12. The number of hydrogen-bond donors (Lipinski definition) is 1. The summed E-state index contributed by atoms with van der Waals surface area (Å²) in [5.41, 5.74) is 0.372. The zero-order chi connectivity index (χ0) is 16.5. The highest BCUT2D eigenvalue weighted by Gasteiger charge is 2.16. The van der Waals surface area contributed by atoms with Crippen molar-refractivity contribution in [2.75, 3.05) is 11.9 Å². The SMILES string of the molecule is CCOC(=O)/C=C/C(=O)O[C@H](C)C(=O)Nc1ccc(F)cc1. The van der Waals surface area contributed by atoms with E-state index in [1.165, 1.54) is 31.2 Å². The van der Waals surface area contributed by atoms with Crippen LogP contribution in [0.4, 0.5) is 10.1 Å². The largest absolute Gasteiger partial charge is 0.463 e. The van der Waals surface area contributed by atoms with Crippen molar-refractivity contribution in [1.29, 1.82) is 0 Å². The first-order valence-electron chi connectivity index (χ1n) is 6.54. The van der Waals surface area contributed by atoms with Gasteiger partial charge in [-0.25, -0.2) is 14.0 Å². The molecule has 0 bridgehead atoms. The Hall–Kier alpha value is -2.70. The molecule has 0 aliphatic carbocycles. The maximum atomic E-state index is 12.7. The van der Waals surface area contributed by atoms with Crippen LogP contribution in [0.3, 0.4) is 0 Å². The number of ether oxygens (including phenoxy) is 2. The normalized spacial score (nSPS) is 11.8. The molecule has 7 heteroatoms. The van der Waals surface area contributed by atoms with Crippen LogP contribution in [0, 0.1) is 5.82 Å². The molecule has 1 rings (SSSR count). The van der Waals surface area contributed by atoms with E-state index >= 15 is 0 Å². The summed E-state index contributed by atoms with van der Waals surface area (Å²) < 4.78 is 22.1. The van der Waals surface area contributed by atoms with E-state index in [1.807, 2.05) is 0 Å². The van der Waals surface area contributed by atoms with E-state index in [1.54, 1.807) is 6.92 Å². The first kappa shape index (κ1) is 17.4. The molecule has 118 valence electrons. The fourth-order valence-electron chi connectivity index (χ4n) is 1.37. The Morgan fingerprint density at radius 3 is 2.36 bits per heavy atom. The molecule has 0 heterocycles. The van der Waals surface area contributed by atoms with Crippen molar-refractivity contribution in [2.45, 2.75) is 20.0 Å². The van der Waals surface area contributed by atoms with Gasteiger partial charge in [0.1, 0.15) is 5.82 Å². The maximum absolute atomic E-state index is 12.7. The summed E-state index contributed by atoms with van der Waals surface area (Å²) >= 11 is 0. The Morgan fingerprint density at radius 2 is 1.77 bits per heavy atom. The highest BCUT2D eigenvalue weighted by atomic mass is 19.1. The monoisotopic (exact) mass is 309 g/mol. The molecule has 0 aromatic heterocycles. The second-order valence-corrected chi connectivity index (χ2v) is 4.16. The van der Waals surface area contributed by atoms with Crippen LogP contribution in [-0.2, 0) is 23.9 Å². The molecule has 1 atom stereocenters. The van der Waals surface area contributed by atoms with E-state index in [-0.39, 0.29) is 6.61 Å². The number of rotatable bonds is 6. The molecule has 0 unspecified atom stereocenters. The van der Waals surface area contributed by atoms with Gasteiger partial charge in [0.15, 0.2) is 6.10 Å². The predicted octanol–water partition coefficient (Wildman–Crippen LogP) is 1.82. The molecule has 1 amide bonds. The predicted molar refractivity (Wildman–Crippen MR) is 76.4 cm³/mol. The van der Waals surface area contributed by atoms with E-state index < -0.39 is 29.8 Å². The van der Waals surface area contributed by atoms with E-state index in [0.29, 0.717) is 5.69 Å². The highest BCUT2D eigenvalue weighted by molar-refractivity contribution is 5.97. The Kier molecular flexibility index (Phi) is 6.75. The van der Waals surface area contributed by atoms with Crippen LogP contribution in [0.2, 0.25) is 0 Å². The molecule has 0 radical (unpaired) electrons. The summed E-state index contributed by atoms with van der Waals surface area (Å²) in [6.45, 7) is 3.19. The minimum Gasteiger partial charge on any atom is -0.463 e. The van der Waals surface area contributed by atoms with Gasteiger partial charge in [0.2, 0.25) is 0 Å². The van der Waals surface area contributed by atoms with Crippen LogP contribution in [-0.4, -0.2) is 30.6 Å².